The van der Waals surface area contributed by atoms with E-state index in [-0.39, 0.29) is 11.4 Å². The topological polar surface area (TPSA) is 76.9 Å². The first-order valence-corrected chi connectivity index (χ1v) is 8.34. The van der Waals surface area contributed by atoms with Gasteiger partial charge in [0.05, 0.1) is 4.90 Å². The summed E-state index contributed by atoms with van der Waals surface area (Å²) < 4.78 is 54.1. The Balaban J connectivity index is 1.71. The summed E-state index contributed by atoms with van der Waals surface area (Å²) in [5.74, 6) is -1.73. The van der Waals surface area contributed by atoms with Gasteiger partial charge in [-0.1, -0.05) is 6.07 Å². The highest BCUT2D eigenvalue weighted by Crippen LogP contribution is 2.14. The summed E-state index contributed by atoms with van der Waals surface area (Å²) in [6.45, 7) is -0.0340. The molecule has 24 heavy (non-hydrogen) atoms. The van der Waals surface area contributed by atoms with Crippen LogP contribution < -0.4 is 4.72 Å². The van der Waals surface area contributed by atoms with Crippen LogP contribution in [0.25, 0.3) is 5.82 Å². The van der Waals surface area contributed by atoms with Crippen LogP contribution in [-0.2, 0) is 16.6 Å². The molecule has 0 aliphatic rings. The fourth-order valence-corrected chi connectivity index (χ4v) is 3.00. The minimum Gasteiger partial charge on any atom is -0.237 e. The van der Waals surface area contributed by atoms with Crippen molar-refractivity contribution in [2.24, 2.45) is 0 Å². The Morgan fingerprint density at radius 1 is 1.12 bits per heavy atom. The molecule has 1 N–H and O–H groups in total. The van der Waals surface area contributed by atoms with Crippen molar-refractivity contribution >= 4 is 10.0 Å². The van der Waals surface area contributed by atoms with Crippen molar-refractivity contribution in [3.05, 3.63) is 72.2 Å². The smallest absolute Gasteiger partial charge is 0.237 e. The van der Waals surface area contributed by atoms with E-state index in [1.807, 2.05) is 0 Å². The molecule has 0 unspecified atom stereocenters. The average Bonchev–Trinajstić information content (AvgIpc) is 3.10. The molecule has 0 saturated heterocycles. The van der Waals surface area contributed by atoms with E-state index in [0.29, 0.717) is 17.4 Å². The van der Waals surface area contributed by atoms with E-state index in [0.717, 1.165) is 12.1 Å². The molecule has 3 aromatic rings. The number of hydrogen-bond donors (Lipinski definition) is 1. The third-order valence-corrected chi connectivity index (χ3v) is 4.61. The number of sulfonamides is 1. The first-order chi connectivity index (χ1) is 11.5. The molecule has 2 aromatic heterocycles. The third kappa shape index (κ3) is 3.47. The zero-order chi connectivity index (χ0) is 17.2. The van der Waals surface area contributed by atoms with Crippen molar-refractivity contribution in [1.29, 1.82) is 0 Å². The lowest BCUT2D eigenvalue weighted by atomic mass is 10.3. The van der Waals surface area contributed by atoms with Crippen LogP contribution in [0.3, 0.4) is 0 Å². The van der Waals surface area contributed by atoms with E-state index >= 15 is 0 Å². The second kappa shape index (κ2) is 6.46. The summed E-state index contributed by atoms with van der Waals surface area (Å²) in [6.07, 6.45) is 4.85. The van der Waals surface area contributed by atoms with Gasteiger partial charge in [-0.05, 0) is 35.9 Å². The zero-order valence-electron chi connectivity index (χ0n) is 12.2. The van der Waals surface area contributed by atoms with Crippen molar-refractivity contribution in [1.82, 2.24) is 19.5 Å². The second-order valence-corrected chi connectivity index (χ2v) is 6.64. The summed E-state index contributed by atoms with van der Waals surface area (Å²) in [4.78, 5) is 3.83. The number of nitrogens with one attached hydrogen (secondary N) is 1. The van der Waals surface area contributed by atoms with Crippen molar-refractivity contribution in [2.45, 2.75) is 11.4 Å². The maximum Gasteiger partial charge on any atom is 0.240 e. The molecule has 0 aliphatic carbocycles. The van der Waals surface area contributed by atoms with Gasteiger partial charge in [-0.2, -0.15) is 5.10 Å². The number of aromatic nitrogens is 3. The highest BCUT2D eigenvalue weighted by molar-refractivity contribution is 7.89. The lowest BCUT2D eigenvalue weighted by Crippen LogP contribution is -2.23. The summed E-state index contributed by atoms with van der Waals surface area (Å²) in [6, 6.07) is 7.54. The highest BCUT2D eigenvalue weighted by Gasteiger charge is 2.16. The summed E-state index contributed by atoms with van der Waals surface area (Å²) in [5.41, 5.74) is 0.608. The fourth-order valence-electron chi connectivity index (χ4n) is 1.97. The highest BCUT2D eigenvalue weighted by atomic mass is 32.2. The standard InChI is InChI=1S/C15H12F2N4O2S/c16-13-4-3-12(8-14(13)17)24(22,23)20-10-11-2-5-15(18-9-11)21-7-1-6-19-21/h1-9,20H,10H2. The van der Waals surface area contributed by atoms with E-state index in [1.54, 1.807) is 35.3 Å². The van der Waals surface area contributed by atoms with Crippen molar-refractivity contribution in [2.75, 3.05) is 0 Å². The van der Waals surface area contributed by atoms with E-state index in [9.17, 15) is 17.2 Å². The Hall–Kier alpha value is -2.65. The Morgan fingerprint density at radius 3 is 2.58 bits per heavy atom. The lowest BCUT2D eigenvalue weighted by Gasteiger charge is -2.08. The fraction of sp³-hybridized carbons (Fsp3) is 0.0667. The van der Waals surface area contributed by atoms with Crippen LogP contribution in [0.15, 0.2) is 59.9 Å². The van der Waals surface area contributed by atoms with Crippen molar-refractivity contribution in [3.8, 4) is 5.82 Å². The van der Waals surface area contributed by atoms with Crippen molar-refractivity contribution < 1.29 is 17.2 Å². The molecule has 0 aliphatic heterocycles. The Kier molecular flexibility index (Phi) is 4.36. The SMILES string of the molecule is O=S(=O)(NCc1ccc(-n2cccn2)nc1)c1ccc(F)c(F)c1. The Labute approximate surface area is 136 Å². The van der Waals surface area contributed by atoms with Crippen molar-refractivity contribution in [3.63, 3.8) is 0 Å². The molecule has 6 nitrogen and oxygen atoms in total. The molecule has 9 heteroatoms. The third-order valence-electron chi connectivity index (χ3n) is 3.22. The van der Waals surface area contributed by atoms with E-state index in [4.69, 9.17) is 0 Å². The molecule has 0 amide bonds. The van der Waals surface area contributed by atoms with Crippen LogP contribution in [-0.4, -0.2) is 23.2 Å². The first-order valence-electron chi connectivity index (χ1n) is 6.85. The molecule has 0 spiro atoms. The normalized spacial score (nSPS) is 11.6. The lowest BCUT2D eigenvalue weighted by molar-refractivity contribution is 0.504. The Morgan fingerprint density at radius 2 is 1.96 bits per heavy atom. The molecule has 0 saturated carbocycles. The number of benzene rings is 1. The minimum absolute atomic E-state index is 0.0340. The van der Waals surface area contributed by atoms with Gasteiger partial charge in [0.15, 0.2) is 17.5 Å². The second-order valence-electron chi connectivity index (χ2n) is 4.88. The van der Waals surface area contributed by atoms with Crippen LogP contribution in [0.5, 0.6) is 0 Å². The number of rotatable bonds is 5. The maximum atomic E-state index is 13.2. The zero-order valence-corrected chi connectivity index (χ0v) is 13.0. The molecule has 1 aromatic carbocycles. The molecule has 0 atom stereocenters. The molecule has 0 fully saturated rings. The summed E-state index contributed by atoms with van der Waals surface area (Å²) >= 11 is 0. The van der Waals surface area contributed by atoms with Gasteiger partial charge in [-0.15, -0.1) is 0 Å². The van der Waals surface area contributed by atoms with Crippen LogP contribution in [0.4, 0.5) is 8.78 Å². The Bertz CT molecular complexity index is 942. The van der Waals surface area contributed by atoms with Gasteiger partial charge >= 0.3 is 0 Å². The first kappa shape index (κ1) is 16.2. The van der Waals surface area contributed by atoms with Crippen LogP contribution in [0, 0.1) is 11.6 Å². The van der Waals surface area contributed by atoms with Gasteiger partial charge in [0.25, 0.3) is 0 Å². The van der Waals surface area contributed by atoms with Gasteiger partial charge in [-0.25, -0.2) is 31.6 Å². The van der Waals surface area contributed by atoms with E-state index in [1.165, 1.54) is 6.20 Å². The van der Waals surface area contributed by atoms with E-state index < -0.39 is 21.7 Å². The number of pyridine rings is 1. The van der Waals surface area contributed by atoms with E-state index in [2.05, 4.69) is 14.8 Å². The van der Waals surface area contributed by atoms with Gasteiger partial charge in [0.1, 0.15) is 0 Å². The van der Waals surface area contributed by atoms with Crippen LogP contribution >= 0.6 is 0 Å². The maximum absolute atomic E-state index is 13.2. The minimum atomic E-state index is -3.95. The molecule has 124 valence electrons. The summed E-state index contributed by atoms with van der Waals surface area (Å²) in [7, 11) is -3.95. The molecule has 0 radical (unpaired) electrons. The molecular formula is C15H12F2N4O2S. The van der Waals surface area contributed by atoms with Crippen LogP contribution in [0.1, 0.15) is 5.56 Å². The molecular weight excluding hydrogens is 338 g/mol. The van der Waals surface area contributed by atoms with Gasteiger partial charge < -0.3 is 0 Å². The number of halogens is 2. The largest absolute Gasteiger partial charge is 0.240 e. The quantitative estimate of drug-likeness (QED) is 0.764. The number of nitrogens with zero attached hydrogens (tertiary/aromatic N) is 3. The van der Waals surface area contributed by atoms with Gasteiger partial charge in [-0.3, -0.25) is 0 Å². The average molecular weight is 350 g/mol. The number of hydrogen-bond acceptors (Lipinski definition) is 4. The molecule has 2 heterocycles. The van der Waals surface area contributed by atoms with Gasteiger partial charge in [0.2, 0.25) is 10.0 Å². The molecule has 0 bridgehead atoms. The predicted molar refractivity (Wildman–Crippen MR) is 81.7 cm³/mol. The van der Waals surface area contributed by atoms with Gasteiger partial charge in [0, 0.05) is 25.1 Å². The molecule has 3 rings (SSSR count). The monoisotopic (exact) mass is 350 g/mol. The predicted octanol–water partition coefficient (Wildman–Crippen LogP) is 2.02. The summed E-state index contributed by atoms with van der Waals surface area (Å²) in [5, 5.41) is 4.03. The van der Waals surface area contributed by atoms with Crippen LogP contribution in [0.2, 0.25) is 0 Å².